The van der Waals surface area contributed by atoms with Crippen LogP contribution in [0.1, 0.15) is 0 Å². The fourth-order valence-corrected chi connectivity index (χ4v) is 10.5. The largest absolute Gasteiger partial charge is 0.456 e. The van der Waals surface area contributed by atoms with Gasteiger partial charge in [-0.05, 0) is 97.0 Å². The number of hydrogen-bond donors (Lipinski definition) is 0. The van der Waals surface area contributed by atoms with Gasteiger partial charge in [0, 0.05) is 47.6 Å². The molecule has 10 aromatic carbocycles. The van der Waals surface area contributed by atoms with Crippen LogP contribution in [0.15, 0.2) is 205 Å². The molecule has 0 unspecified atom stereocenters. The van der Waals surface area contributed by atoms with E-state index in [-0.39, 0.29) is 0 Å². The van der Waals surface area contributed by atoms with Gasteiger partial charge in [0.05, 0.1) is 0 Å². The summed E-state index contributed by atoms with van der Waals surface area (Å²) in [7, 11) is 0. The first-order valence-electron chi connectivity index (χ1n) is 20.8. The maximum atomic E-state index is 6.53. The molecule has 3 aromatic heterocycles. The molecule has 0 aliphatic carbocycles. The van der Waals surface area contributed by atoms with Crippen molar-refractivity contribution >= 4 is 85.8 Å². The van der Waals surface area contributed by atoms with Crippen molar-refractivity contribution in [2.24, 2.45) is 0 Å². The number of benzene rings is 10. The molecule has 0 spiro atoms. The minimum absolute atomic E-state index is 0.606. The molecule has 0 bridgehead atoms. The van der Waals surface area contributed by atoms with Gasteiger partial charge in [-0.25, -0.2) is 15.0 Å². The summed E-state index contributed by atoms with van der Waals surface area (Å²) < 4.78 is 9.12. The van der Waals surface area contributed by atoms with Gasteiger partial charge in [-0.3, -0.25) is 0 Å². The molecule has 13 aromatic rings. The molecular weight excluding hydrogens is 775 g/mol. The summed E-state index contributed by atoms with van der Waals surface area (Å²) >= 11 is 1.85. The van der Waals surface area contributed by atoms with Crippen molar-refractivity contribution in [2.45, 2.75) is 0 Å². The maximum absolute atomic E-state index is 6.53. The summed E-state index contributed by atoms with van der Waals surface area (Å²) in [6.45, 7) is 0. The quantitative estimate of drug-likeness (QED) is 0.163. The van der Waals surface area contributed by atoms with Gasteiger partial charge >= 0.3 is 0 Å². The first kappa shape index (κ1) is 34.8. The summed E-state index contributed by atoms with van der Waals surface area (Å²) in [5.41, 5.74) is 9.17. The van der Waals surface area contributed by atoms with E-state index in [2.05, 4.69) is 164 Å². The first-order valence-corrected chi connectivity index (χ1v) is 21.6. The van der Waals surface area contributed by atoms with E-state index in [9.17, 15) is 0 Å². The van der Waals surface area contributed by atoms with Crippen molar-refractivity contribution < 1.29 is 4.42 Å². The van der Waals surface area contributed by atoms with Crippen molar-refractivity contribution in [3.8, 4) is 56.4 Å². The Bertz CT molecular complexity index is 3920. The Labute approximate surface area is 360 Å². The van der Waals surface area contributed by atoms with E-state index >= 15 is 0 Å². The van der Waals surface area contributed by atoms with Crippen molar-refractivity contribution in [1.82, 2.24) is 15.0 Å². The van der Waals surface area contributed by atoms with E-state index in [4.69, 9.17) is 19.4 Å². The number of aromatic nitrogens is 3. The molecular formula is C57H33N3OS. The lowest BCUT2D eigenvalue weighted by Crippen LogP contribution is -2.00. The van der Waals surface area contributed by atoms with Crippen LogP contribution in [-0.2, 0) is 0 Å². The zero-order chi connectivity index (χ0) is 40.7. The number of hydrogen-bond acceptors (Lipinski definition) is 5. The van der Waals surface area contributed by atoms with Crippen molar-refractivity contribution in [3.05, 3.63) is 200 Å². The monoisotopic (exact) mass is 807 g/mol. The van der Waals surface area contributed by atoms with Gasteiger partial charge in [0.2, 0.25) is 0 Å². The highest BCUT2D eigenvalue weighted by Crippen LogP contribution is 2.42. The Balaban J connectivity index is 0.929. The van der Waals surface area contributed by atoms with E-state index in [1.165, 1.54) is 63.8 Å². The summed E-state index contributed by atoms with van der Waals surface area (Å²) in [6.07, 6.45) is 0. The number of rotatable bonds is 5. The molecule has 0 fully saturated rings. The minimum Gasteiger partial charge on any atom is -0.456 e. The molecule has 3 heterocycles. The van der Waals surface area contributed by atoms with Crippen LogP contribution in [0, 0.1) is 0 Å². The summed E-state index contributed by atoms with van der Waals surface area (Å²) in [5.74, 6) is 1.85. The second-order valence-corrected chi connectivity index (χ2v) is 17.0. The van der Waals surface area contributed by atoms with E-state index in [1.807, 2.05) is 47.7 Å². The molecule has 0 amide bonds. The average molecular weight is 808 g/mol. The SMILES string of the molecule is c1ccc(-c2nc(-c3ccc(-c4cccc5c4sc4ccccc45)cc3)nc(-c3ccc4oc5cc6cccc(-c7ccc8ccc9ccccc9c8c7)c6cc5c4c3)n2)cc1. The lowest BCUT2D eigenvalue weighted by molar-refractivity contribution is 0.669. The lowest BCUT2D eigenvalue weighted by atomic mass is 9.93. The van der Waals surface area contributed by atoms with Gasteiger partial charge in [0.1, 0.15) is 11.2 Å². The topological polar surface area (TPSA) is 51.8 Å². The van der Waals surface area contributed by atoms with Crippen molar-refractivity contribution in [1.29, 1.82) is 0 Å². The number of thiophene rings is 1. The third-order valence-electron chi connectivity index (χ3n) is 12.3. The van der Waals surface area contributed by atoms with Gasteiger partial charge in [-0.2, -0.15) is 0 Å². The van der Waals surface area contributed by atoms with Crippen molar-refractivity contribution in [2.75, 3.05) is 0 Å². The number of fused-ring (bicyclic) bond motifs is 10. The van der Waals surface area contributed by atoms with Gasteiger partial charge in [-0.15, -0.1) is 11.3 Å². The second-order valence-electron chi connectivity index (χ2n) is 15.9. The molecule has 0 radical (unpaired) electrons. The molecule has 0 saturated carbocycles. The van der Waals surface area contributed by atoms with Crippen molar-refractivity contribution in [3.63, 3.8) is 0 Å². The van der Waals surface area contributed by atoms with Crippen LogP contribution in [0.3, 0.4) is 0 Å². The van der Waals surface area contributed by atoms with Gasteiger partial charge in [0.25, 0.3) is 0 Å². The number of nitrogens with zero attached hydrogens (tertiary/aromatic N) is 3. The van der Waals surface area contributed by atoms with E-state index in [0.717, 1.165) is 49.6 Å². The highest BCUT2D eigenvalue weighted by molar-refractivity contribution is 7.26. The Kier molecular flexibility index (Phi) is 7.74. The Hall–Kier alpha value is -7.99. The minimum atomic E-state index is 0.606. The van der Waals surface area contributed by atoms with E-state index in [0.29, 0.717) is 17.5 Å². The van der Waals surface area contributed by atoms with Crippen LogP contribution in [-0.4, -0.2) is 15.0 Å². The molecule has 0 N–H and O–H groups in total. The third-order valence-corrected chi connectivity index (χ3v) is 13.5. The number of furan rings is 1. The molecule has 62 heavy (non-hydrogen) atoms. The van der Waals surface area contributed by atoms with Crippen LogP contribution >= 0.6 is 11.3 Å². The maximum Gasteiger partial charge on any atom is 0.164 e. The van der Waals surface area contributed by atoms with Crippen LogP contribution in [0.25, 0.3) is 131 Å². The summed E-state index contributed by atoms with van der Waals surface area (Å²) in [4.78, 5) is 15.3. The fourth-order valence-electron chi connectivity index (χ4n) is 9.23. The smallest absolute Gasteiger partial charge is 0.164 e. The van der Waals surface area contributed by atoms with Gasteiger partial charge in [-0.1, -0.05) is 158 Å². The van der Waals surface area contributed by atoms with E-state index < -0.39 is 0 Å². The predicted molar refractivity (Wildman–Crippen MR) is 260 cm³/mol. The zero-order valence-corrected chi connectivity index (χ0v) is 34.0. The fraction of sp³-hybridized carbons (Fsp3) is 0. The summed E-state index contributed by atoms with van der Waals surface area (Å²) in [6, 6.07) is 71.1. The zero-order valence-electron chi connectivity index (χ0n) is 33.2. The highest BCUT2D eigenvalue weighted by Gasteiger charge is 2.17. The Morgan fingerprint density at radius 2 is 0.887 bits per heavy atom. The van der Waals surface area contributed by atoms with Crippen LogP contribution in [0.2, 0.25) is 0 Å². The molecule has 5 heteroatoms. The lowest BCUT2D eigenvalue weighted by Gasteiger charge is -2.10. The Morgan fingerprint density at radius 1 is 0.306 bits per heavy atom. The predicted octanol–water partition coefficient (Wildman–Crippen LogP) is 15.9. The van der Waals surface area contributed by atoms with Gasteiger partial charge < -0.3 is 4.42 Å². The molecule has 0 atom stereocenters. The standard InChI is InChI=1S/C57H33N3OS/c1-2-11-37(12-3-1)55-58-56(38-25-22-35(23-26-38)44-17-9-18-46-45-15-6-7-19-53(45)62-54(44)46)60-57(59-55)41-28-29-51-49(31-41)50-33-48-39(32-52(50)61-51)13-8-16-43(48)40-27-24-36-21-20-34-10-4-5-14-42(34)47(36)30-40/h1-33H. The first-order chi connectivity index (χ1) is 30.7. The van der Waals surface area contributed by atoms with E-state index in [1.54, 1.807) is 0 Å². The molecule has 13 rings (SSSR count). The average Bonchev–Trinajstić information content (AvgIpc) is 3.90. The molecule has 288 valence electrons. The molecule has 0 aliphatic rings. The van der Waals surface area contributed by atoms with Crippen LogP contribution in [0.4, 0.5) is 0 Å². The highest BCUT2D eigenvalue weighted by atomic mass is 32.1. The second kappa shape index (κ2) is 13.8. The molecule has 0 saturated heterocycles. The van der Waals surface area contributed by atoms with Gasteiger partial charge in [0.15, 0.2) is 17.5 Å². The normalized spacial score (nSPS) is 11.9. The van der Waals surface area contributed by atoms with Crippen LogP contribution < -0.4 is 0 Å². The molecule has 0 aliphatic heterocycles. The third kappa shape index (κ3) is 5.63. The van der Waals surface area contributed by atoms with Crippen LogP contribution in [0.5, 0.6) is 0 Å². The summed E-state index contributed by atoms with van der Waals surface area (Å²) in [5, 5.41) is 12.0. The Morgan fingerprint density at radius 3 is 1.74 bits per heavy atom. The molecule has 4 nitrogen and oxygen atoms in total.